The highest BCUT2D eigenvalue weighted by Gasteiger charge is 2.15. The lowest BCUT2D eigenvalue weighted by Crippen LogP contribution is -1.98. The summed E-state index contributed by atoms with van der Waals surface area (Å²) in [7, 11) is 0. The Morgan fingerprint density at radius 1 is 1.00 bits per heavy atom. The third kappa shape index (κ3) is 3.25. The van der Waals surface area contributed by atoms with Crippen LogP contribution in [0.25, 0.3) is 21.8 Å². The second-order valence-electron chi connectivity index (χ2n) is 5.52. The zero-order chi connectivity index (χ0) is 17.9. The fourth-order valence-corrected chi connectivity index (χ4v) is 3.35. The molecule has 7 heteroatoms. The van der Waals surface area contributed by atoms with Crippen molar-refractivity contribution in [3.63, 3.8) is 0 Å². The molecule has 0 aliphatic rings. The molecule has 0 radical (unpaired) electrons. The van der Waals surface area contributed by atoms with Crippen LogP contribution < -0.4 is 11.1 Å². The largest absolute Gasteiger partial charge is 0.398 e. The van der Waals surface area contributed by atoms with Crippen LogP contribution in [0.1, 0.15) is 0 Å². The lowest BCUT2D eigenvalue weighted by Gasteiger charge is -2.08. The molecule has 0 unspecified atom stereocenters. The molecule has 0 bridgehead atoms. The molecule has 2 heterocycles. The summed E-state index contributed by atoms with van der Waals surface area (Å²) in [5.74, 6) is 0.0592. The van der Waals surface area contributed by atoms with Gasteiger partial charge in [0.25, 0.3) is 0 Å². The first kappa shape index (κ1) is 16.2. The van der Waals surface area contributed by atoms with Gasteiger partial charge >= 0.3 is 0 Å². The van der Waals surface area contributed by atoms with E-state index in [1.807, 2.05) is 30.3 Å². The van der Waals surface area contributed by atoms with Crippen LogP contribution >= 0.6 is 11.3 Å². The highest BCUT2D eigenvalue weighted by atomic mass is 32.1. The van der Waals surface area contributed by atoms with Crippen LogP contribution in [-0.2, 0) is 0 Å². The molecule has 0 aliphatic heterocycles. The van der Waals surface area contributed by atoms with Gasteiger partial charge in [0.05, 0.1) is 21.8 Å². The Kier molecular flexibility index (Phi) is 4.28. The van der Waals surface area contributed by atoms with Crippen molar-refractivity contribution in [2.24, 2.45) is 0 Å². The molecular formula is C19H14FN5S. The molecular weight excluding hydrogens is 349 g/mol. The van der Waals surface area contributed by atoms with E-state index < -0.39 is 0 Å². The van der Waals surface area contributed by atoms with Crippen molar-refractivity contribution in [3.05, 3.63) is 72.1 Å². The van der Waals surface area contributed by atoms with Gasteiger partial charge in [0.1, 0.15) is 5.82 Å². The maximum absolute atomic E-state index is 13.4. The van der Waals surface area contributed by atoms with Crippen LogP contribution in [0.15, 0.2) is 66.3 Å². The summed E-state index contributed by atoms with van der Waals surface area (Å²) < 4.78 is 13.4. The van der Waals surface area contributed by atoms with E-state index in [0.717, 1.165) is 21.8 Å². The molecule has 2 aromatic carbocycles. The summed E-state index contributed by atoms with van der Waals surface area (Å²) in [6, 6.07) is 15.5. The van der Waals surface area contributed by atoms with Gasteiger partial charge in [-0.2, -0.15) is 0 Å². The highest BCUT2D eigenvalue weighted by Crippen LogP contribution is 2.36. The van der Waals surface area contributed by atoms with Gasteiger partial charge in [-0.1, -0.05) is 24.3 Å². The molecule has 0 fully saturated rings. The van der Waals surface area contributed by atoms with Crippen LogP contribution in [0.2, 0.25) is 0 Å². The van der Waals surface area contributed by atoms with Crippen molar-refractivity contribution in [2.75, 3.05) is 11.1 Å². The molecule has 0 saturated carbocycles. The number of para-hydroxylation sites is 1. The summed E-state index contributed by atoms with van der Waals surface area (Å²) in [5.41, 5.74) is 11.5. The first-order chi connectivity index (χ1) is 12.7. The number of thiazole rings is 1. The number of nitrogens with two attached hydrogens (primary N) is 1. The number of hydrogen-bond donors (Lipinski definition) is 2. The zero-order valence-electron chi connectivity index (χ0n) is 13.6. The molecule has 0 atom stereocenters. The topological polar surface area (TPSA) is 76.7 Å². The average molecular weight is 363 g/mol. The number of anilines is 3. The Bertz CT molecular complexity index is 1060. The number of nitrogen functional groups attached to an aromatic ring is 1. The molecule has 4 rings (SSSR count). The van der Waals surface area contributed by atoms with Gasteiger partial charge in [-0.3, -0.25) is 0 Å². The highest BCUT2D eigenvalue weighted by molar-refractivity contribution is 7.13. The number of aromatic nitrogens is 3. The Hall–Kier alpha value is -3.32. The second-order valence-corrected chi connectivity index (χ2v) is 6.37. The lowest BCUT2D eigenvalue weighted by molar-refractivity contribution is 0.628. The van der Waals surface area contributed by atoms with Crippen molar-refractivity contribution in [2.45, 2.75) is 0 Å². The van der Waals surface area contributed by atoms with Crippen LogP contribution in [0.3, 0.4) is 0 Å². The number of halogens is 1. The third-order valence-electron chi connectivity index (χ3n) is 3.75. The summed E-state index contributed by atoms with van der Waals surface area (Å²) >= 11 is 1.48. The van der Waals surface area contributed by atoms with E-state index in [-0.39, 0.29) is 5.82 Å². The zero-order valence-corrected chi connectivity index (χ0v) is 14.4. The van der Waals surface area contributed by atoms with Crippen LogP contribution in [0.5, 0.6) is 0 Å². The minimum absolute atomic E-state index is 0.324. The van der Waals surface area contributed by atoms with Gasteiger partial charge in [-0.05, 0) is 30.3 Å². The second kappa shape index (κ2) is 6.89. The standard InChI is InChI=1S/C19H14FN5S/c20-12-4-3-5-13(10-12)24-19-22-9-8-16(25-19)18-17(23-11-26-18)14-6-1-2-7-15(14)21/h1-11H,21H2,(H,22,24,25). The van der Waals surface area contributed by atoms with Gasteiger partial charge in [0, 0.05) is 23.1 Å². The predicted octanol–water partition coefficient (Wildman–Crippen LogP) is 4.73. The normalized spacial score (nSPS) is 10.7. The molecule has 2 aromatic heterocycles. The SMILES string of the molecule is Nc1ccccc1-c1ncsc1-c1ccnc(Nc2cccc(F)c2)n1. The number of nitrogens with one attached hydrogen (secondary N) is 1. The molecule has 0 spiro atoms. The number of rotatable bonds is 4. The number of hydrogen-bond acceptors (Lipinski definition) is 6. The molecule has 128 valence electrons. The van der Waals surface area contributed by atoms with Crippen molar-refractivity contribution in [1.29, 1.82) is 0 Å². The van der Waals surface area contributed by atoms with Gasteiger partial charge in [-0.25, -0.2) is 19.3 Å². The van der Waals surface area contributed by atoms with Gasteiger partial charge < -0.3 is 11.1 Å². The first-order valence-electron chi connectivity index (χ1n) is 7.85. The third-order valence-corrected chi connectivity index (χ3v) is 4.60. The van der Waals surface area contributed by atoms with Gasteiger partial charge in [-0.15, -0.1) is 11.3 Å². The molecule has 26 heavy (non-hydrogen) atoms. The molecule has 3 N–H and O–H groups in total. The number of nitrogens with zero attached hydrogens (tertiary/aromatic N) is 3. The van der Waals surface area contributed by atoms with Gasteiger partial charge in [0.15, 0.2) is 0 Å². The Balaban J connectivity index is 1.70. The molecule has 0 saturated heterocycles. The van der Waals surface area contributed by atoms with E-state index in [2.05, 4.69) is 20.3 Å². The van der Waals surface area contributed by atoms with E-state index in [4.69, 9.17) is 5.73 Å². The lowest BCUT2D eigenvalue weighted by atomic mass is 10.1. The minimum Gasteiger partial charge on any atom is -0.398 e. The van der Waals surface area contributed by atoms with E-state index in [0.29, 0.717) is 17.3 Å². The Labute approximate surface area is 153 Å². The fraction of sp³-hybridized carbons (Fsp3) is 0. The summed E-state index contributed by atoms with van der Waals surface area (Å²) in [6.07, 6.45) is 1.65. The maximum atomic E-state index is 13.4. The maximum Gasteiger partial charge on any atom is 0.227 e. The van der Waals surface area contributed by atoms with Crippen LogP contribution in [-0.4, -0.2) is 15.0 Å². The first-order valence-corrected chi connectivity index (χ1v) is 8.73. The number of benzene rings is 2. The quantitative estimate of drug-likeness (QED) is 0.513. The Morgan fingerprint density at radius 2 is 1.88 bits per heavy atom. The van der Waals surface area contributed by atoms with Crippen LogP contribution in [0.4, 0.5) is 21.7 Å². The Morgan fingerprint density at radius 3 is 2.73 bits per heavy atom. The summed E-state index contributed by atoms with van der Waals surface area (Å²) in [6.45, 7) is 0. The molecule has 4 aromatic rings. The summed E-state index contributed by atoms with van der Waals surface area (Å²) in [4.78, 5) is 14.1. The van der Waals surface area contributed by atoms with E-state index in [1.165, 1.54) is 23.5 Å². The summed E-state index contributed by atoms with van der Waals surface area (Å²) in [5, 5.41) is 3.02. The molecule has 0 amide bonds. The van der Waals surface area contributed by atoms with Crippen molar-refractivity contribution < 1.29 is 4.39 Å². The predicted molar refractivity (Wildman–Crippen MR) is 103 cm³/mol. The monoisotopic (exact) mass is 363 g/mol. The average Bonchev–Trinajstić information content (AvgIpc) is 3.12. The minimum atomic E-state index is -0.324. The fourth-order valence-electron chi connectivity index (χ4n) is 2.57. The van der Waals surface area contributed by atoms with E-state index in [9.17, 15) is 4.39 Å². The smallest absolute Gasteiger partial charge is 0.227 e. The van der Waals surface area contributed by atoms with E-state index >= 15 is 0 Å². The molecule has 5 nitrogen and oxygen atoms in total. The molecule has 0 aliphatic carbocycles. The van der Waals surface area contributed by atoms with Crippen molar-refractivity contribution in [3.8, 4) is 21.8 Å². The van der Waals surface area contributed by atoms with Crippen molar-refractivity contribution >= 4 is 28.7 Å². The van der Waals surface area contributed by atoms with Crippen molar-refractivity contribution in [1.82, 2.24) is 15.0 Å². The van der Waals surface area contributed by atoms with Crippen LogP contribution in [0, 0.1) is 5.82 Å². The van der Waals surface area contributed by atoms with Gasteiger partial charge in [0.2, 0.25) is 5.95 Å². The van der Waals surface area contributed by atoms with E-state index in [1.54, 1.807) is 23.8 Å².